The summed E-state index contributed by atoms with van der Waals surface area (Å²) in [5, 5.41) is 12.1. The van der Waals surface area contributed by atoms with E-state index in [-0.39, 0.29) is 11.6 Å². The predicted octanol–water partition coefficient (Wildman–Crippen LogP) is 4.04. The van der Waals surface area contributed by atoms with Crippen molar-refractivity contribution in [2.45, 2.75) is 20.3 Å². The van der Waals surface area contributed by atoms with Crippen molar-refractivity contribution in [3.8, 4) is 5.69 Å². The van der Waals surface area contributed by atoms with Crippen molar-refractivity contribution in [1.29, 1.82) is 0 Å². The second-order valence-corrected chi connectivity index (χ2v) is 5.85. The van der Waals surface area contributed by atoms with E-state index in [0.717, 1.165) is 17.7 Å². The molecule has 0 spiro atoms. The normalized spacial score (nSPS) is 10.6. The van der Waals surface area contributed by atoms with E-state index in [1.807, 2.05) is 36.4 Å². The minimum atomic E-state index is -0.283. The van der Waals surface area contributed by atoms with Crippen molar-refractivity contribution < 1.29 is 4.79 Å². The van der Waals surface area contributed by atoms with Gasteiger partial charge in [0.2, 0.25) is 0 Å². The molecule has 3 aromatic rings. The molecule has 0 unspecified atom stereocenters. The lowest BCUT2D eigenvalue weighted by Crippen LogP contribution is -2.14. The van der Waals surface area contributed by atoms with Gasteiger partial charge < -0.3 is 5.32 Å². The molecule has 0 aliphatic carbocycles. The Hall–Kier alpha value is -2.66. The summed E-state index contributed by atoms with van der Waals surface area (Å²) in [5.41, 5.74) is 3.46. The first kappa shape index (κ1) is 16.2. The SMILES string of the molecule is CCc1cccc(NC(=O)c2nn(-c3cccc(Cl)c3)nc2C)c1. The van der Waals surface area contributed by atoms with Gasteiger partial charge in [-0.2, -0.15) is 9.90 Å². The molecular weight excluding hydrogens is 324 g/mol. The Kier molecular flexibility index (Phi) is 4.62. The molecule has 122 valence electrons. The van der Waals surface area contributed by atoms with Gasteiger partial charge in [-0.3, -0.25) is 4.79 Å². The summed E-state index contributed by atoms with van der Waals surface area (Å²) in [4.78, 5) is 13.9. The topological polar surface area (TPSA) is 59.8 Å². The number of aromatic nitrogens is 3. The van der Waals surface area contributed by atoms with Gasteiger partial charge in [0.25, 0.3) is 5.91 Å². The maximum Gasteiger partial charge on any atom is 0.278 e. The summed E-state index contributed by atoms with van der Waals surface area (Å²) in [6.45, 7) is 3.83. The van der Waals surface area contributed by atoms with Gasteiger partial charge in [-0.05, 0) is 49.2 Å². The van der Waals surface area contributed by atoms with Crippen LogP contribution in [-0.2, 0) is 6.42 Å². The fraction of sp³-hybridized carbons (Fsp3) is 0.167. The summed E-state index contributed by atoms with van der Waals surface area (Å²) >= 11 is 5.99. The first-order valence-electron chi connectivity index (χ1n) is 7.67. The number of carbonyl (C=O) groups excluding carboxylic acids is 1. The highest BCUT2D eigenvalue weighted by Crippen LogP contribution is 2.16. The second-order valence-electron chi connectivity index (χ2n) is 5.41. The van der Waals surface area contributed by atoms with Crippen molar-refractivity contribution in [3.05, 3.63) is 70.5 Å². The molecule has 0 saturated carbocycles. The highest BCUT2D eigenvalue weighted by atomic mass is 35.5. The number of aryl methyl sites for hydroxylation is 2. The van der Waals surface area contributed by atoms with Crippen molar-refractivity contribution in [1.82, 2.24) is 15.0 Å². The van der Waals surface area contributed by atoms with E-state index in [4.69, 9.17) is 11.6 Å². The molecule has 24 heavy (non-hydrogen) atoms. The number of rotatable bonds is 4. The Morgan fingerprint density at radius 3 is 2.71 bits per heavy atom. The van der Waals surface area contributed by atoms with Gasteiger partial charge in [0, 0.05) is 10.7 Å². The van der Waals surface area contributed by atoms with Crippen LogP contribution in [-0.4, -0.2) is 20.9 Å². The monoisotopic (exact) mass is 340 g/mol. The van der Waals surface area contributed by atoms with Crippen LogP contribution >= 0.6 is 11.6 Å². The average Bonchev–Trinajstić information content (AvgIpc) is 2.97. The van der Waals surface area contributed by atoms with Crippen molar-refractivity contribution in [3.63, 3.8) is 0 Å². The van der Waals surface area contributed by atoms with Gasteiger partial charge in [-0.25, -0.2) is 0 Å². The number of nitrogens with zero attached hydrogens (tertiary/aromatic N) is 3. The van der Waals surface area contributed by atoms with E-state index in [1.54, 1.807) is 19.1 Å². The van der Waals surface area contributed by atoms with Crippen molar-refractivity contribution >= 4 is 23.2 Å². The Balaban J connectivity index is 1.85. The molecule has 0 aliphatic rings. The van der Waals surface area contributed by atoms with E-state index in [1.165, 1.54) is 4.80 Å². The molecule has 1 aromatic heterocycles. The molecule has 2 aromatic carbocycles. The number of halogens is 1. The number of anilines is 1. The van der Waals surface area contributed by atoms with Crippen molar-refractivity contribution in [2.75, 3.05) is 5.32 Å². The Labute approximate surface area is 145 Å². The first-order chi connectivity index (χ1) is 11.6. The molecule has 1 heterocycles. The van der Waals surface area contributed by atoms with Crippen LogP contribution in [0.2, 0.25) is 5.02 Å². The molecule has 5 nitrogen and oxygen atoms in total. The molecule has 0 atom stereocenters. The maximum absolute atomic E-state index is 12.5. The second kappa shape index (κ2) is 6.84. The third-order valence-electron chi connectivity index (χ3n) is 3.63. The predicted molar refractivity (Wildman–Crippen MR) is 94.9 cm³/mol. The maximum atomic E-state index is 12.5. The van der Waals surface area contributed by atoms with Crippen LogP contribution in [0.5, 0.6) is 0 Å². The summed E-state index contributed by atoms with van der Waals surface area (Å²) < 4.78 is 0. The van der Waals surface area contributed by atoms with E-state index in [0.29, 0.717) is 16.4 Å². The minimum Gasteiger partial charge on any atom is -0.321 e. The zero-order valence-electron chi connectivity index (χ0n) is 13.5. The van der Waals surface area contributed by atoms with Gasteiger partial charge in [0.05, 0.1) is 11.4 Å². The number of nitrogens with one attached hydrogen (secondary N) is 1. The van der Waals surface area contributed by atoms with E-state index in [9.17, 15) is 4.79 Å². The standard InChI is InChI=1S/C18H17ClN4O/c1-3-13-6-4-8-15(10-13)20-18(24)17-12(2)21-23(22-17)16-9-5-7-14(19)11-16/h4-11H,3H2,1-2H3,(H,20,24). The van der Waals surface area contributed by atoms with Gasteiger partial charge in [0.15, 0.2) is 5.69 Å². The van der Waals surface area contributed by atoms with Crippen LogP contribution in [0.25, 0.3) is 5.69 Å². The molecule has 0 aliphatic heterocycles. The molecule has 3 rings (SSSR count). The minimum absolute atomic E-state index is 0.283. The summed E-state index contributed by atoms with van der Waals surface area (Å²) in [6, 6.07) is 14.9. The fourth-order valence-electron chi connectivity index (χ4n) is 2.36. The lowest BCUT2D eigenvalue weighted by Gasteiger charge is -2.05. The smallest absolute Gasteiger partial charge is 0.278 e. The summed E-state index contributed by atoms with van der Waals surface area (Å²) in [6.07, 6.45) is 0.910. The first-order valence-corrected chi connectivity index (χ1v) is 8.05. The average molecular weight is 341 g/mol. The lowest BCUT2D eigenvalue weighted by molar-refractivity contribution is 0.102. The molecular formula is C18H17ClN4O. The number of benzene rings is 2. The molecule has 6 heteroatoms. The van der Waals surface area contributed by atoms with Crippen LogP contribution in [0.1, 0.15) is 28.7 Å². The largest absolute Gasteiger partial charge is 0.321 e. The third-order valence-corrected chi connectivity index (χ3v) is 3.86. The number of carbonyl (C=O) groups is 1. The zero-order chi connectivity index (χ0) is 17.1. The highest BCUT2D eigenvalue weighted by Gasteiger charge is 2.16. The van der Waals surface area contributed by atoms with Gasteiger partial charge in [-0.1, -0.05) is 36.7 Å². The molecule has 0 radical (unpaired) electrons. The number of hydrogen-bond donors (Lipinski definition) is 1. The van der Waals surface area contributed by atoms with Crippen LogP contribution in [0.3, 0.4) is 0 Å². The quantitative estimate of drug-likeness (QED) is 0.779. The van der Waals surface area contributed by atoms with E-state index < -0.39 is 0 Å². The zero-order valence-corrected chi connectivity index (χ0v) is 14.2. The Bertz CT molecular complexity index is 888. The molecule has 0 fully saturated rings. The summed E-state index contributed by atoms with van der Waals surface area (Å²) in [7, 11) is 0. The van der Waals surface area contributed by atoms with E-state index in [2.05, 4.69) is 22.4 Å². The van der Waals surface area contributed by atoms with Crippen LogP contribution < -0.4 is 5.32 Å². The highest BCUT2D eigenvalue weighted by molar-refractivity contribution is 6.30. The van der Waals surface area contributed by atoms with Crippen LogP contribution in [0, 0.1) is 6.92 Å². The molecule has 1 N–H and O–H groups in total. The van der Waals surface area contributed by atoms with Crippen molar-refractivity contribution in [2.24, 2.45) is 0 Å². The number of hydrogen-bond acceptors (Lipinski definition) is 3. The fourth-order valence-corrected chi connectivity index (χ4v) is 2.55. The number of amides is 1. The van der Waals surface area contributed by atoms with Crippen LogP contribution in [0.15, 0.2) is 48.5 Å². The molecule has 0 bridgehead atoms. The Morgan fingerprint density at radius 1 is 1.17 bits per heavy atom. The van der Waals surface area contributed by atoms with Crippen LogP contribution in [0.4, 0.5) is 5.69 Å². The summed E-state index contributed by atoms with van der Waals surface area (Å²) in [5.74, 6) is -0.283. The third kappa shape index (κ3) is 3.46. The molecule has 1 amide bonds. The molecule has 0 saturated heterocycles. The Morgan fingerprint density at radius 2 is 1.96 bits per heavy atom. The van der Waals surface area contributed by atoms with Gasteiger partial charge in [-0.15, -0.1) is 5.10 Å². The lowest BCUT2D eigenvalue weighted by atomic mass is 10.1. The van der Waals surface area contributed by atoms with Gasteiger partial charge >= 0.3 is 0 Å². The van der Waals surface area contributed by atoms with E-state index >= 15 is 0 Å². The van der Waals surface area contributed by atoms with Gasteiger partial charge in [0.1, 0.15) is 0 Å².